The fourth-order valence-electron chi connectivity index (χ4n) is 1.85. The normalized spacial score (nSPS) is 10.7. The molecule has 88 valence electrons. The number of pyridine rings is 1. The van der Waals surface area contributed by atoms with Crippen molar-refractivity contribution in [2.75, 3.05) is 0 Å². The quantitative estimate of drug-likeness (QED) is 0.740. The third-order valence-electron chi connectivity index (χ3n) is 2.85. The zero-order valence-electron chi connectivity index (χ0n) is 9.74. The predicted octanol–water partition coefficient (Wildman–Crippen LogP) is 2.15. The van der Waals surface area contributed by atoms with Crippen LogP contribution in [0, 0.1) is 0 Å². The molecule has 0 amide bonds. The zero-order valence-corrected chi connectivity index (χ0v) is 9.74. The molecule has 0 aliphatic heterocycles. The Bertz CT molecular complexity index is 677. The minimum atomic E-state index is 0.557. The Morgan fingerprint density at radius 2 is 1.67 bits per heavy atom. The van der Waals surface area contributed by atoms with Crippen LogP contribution in [0.3, 0.4) is 0 Å². The van der Waals surface area contributed by atoms with E-state index in [0.717, 1.165) is 22.2 Å². The van der Waals surface area contributed by atoms with Crippen LogP contribution in [0.2, 0.25) is 0 Å². The molecule has 0 unspecified atom stereocenters. The molecule has 0 saturated heterocycles. The van der Waals surface area contributed by atoms with Crippen LogP contribution in [-0.2, 0) is 6.54 Å². The van der Waals surface area contributed by atoms with Gasteiger partial charge in [0.15, 0.2) is 5.65 Å². The third kappa shape index (κ3) is 1.94. The average Bonchev–Trinajstić information content (AvgIpc) is 2.47. The Labute approximate surface area is 105 Å². The van der Waals surface area contributed by atoms with Gasteiger partial charge in [-0.05, 0) is 17.2 Å². The van der Waals surface area contributed by atoms with Crippen molar-refractivity contribution in [3.63, 3.8) is 0 Å². The number of rotatable bonds is 2. The highest BCUT2D eigenvalue weighted by Gasteiger charge is 2.02. The number of benzene rings is 1. The van der Waals surface area contributed by atoms with Gasteiger partial charge in [0.2, 0.25) is 0 Å². The van der Waals surface area contributed by atoms with Crippen molar-refractivity contribution in [1.29, 1.82) is 0 Å². The third-order valence-corrected chi connectivity index (χ3v) is 2.85. The molecule has 2 aromatic heterocycles. The van der Waals surface area contributed by atoms with Gasteiger partial charge in [-0.1, -0.05) is 24.3 Å². The van der Waals surface area contributed by atoms with E-state index in [0.29, 0.717) is 12.2 Å². The van der Waals surface area contributed by atoms with Gasteiger partial charge in [0, 0.05) is 30.7 Å². The molecule has 0 atom stereocenters. The fourth-order valence-corrected chi connectivity index (χ4v) is 1.85. The molecule has 0 spiro atoms. The molecule has 0 bridgehead atoms. The number of hydrogen-bond acceptors (Lipinski definition) is 4. The molecule has 2 heterocycles. The van der Waals surface area contributed by atoms with Crippen molar-refractivity contribution < 1.29 is 0 Å². The Balaban J connectivity index is 2.07. The van der Waals surface area contributed by atoms with Gasteiger partial charge < -0.3 is 5.73 Å². The molecule has 0 aliphatic carbocycles. The summed E-state index contributed by atoms with van der Waals surface area (Å²) in [5.74, 6) is 0. The van der Waals surface area contributed by atoms with Crippen LogP contribution in [0.15, 0.2) is 48.9 Å². The Morgan fingerprint density at radius 1 is 0.889 bits per heavy atom. The molecule has 3 rings (SSSR count). The largest absolute Gasteiger partial charge is 0.326 e. The summed E-state index contributed by atoms with van der Waals surface area (Å²) in [4.78, 5) is 12.7. The van der Waals surface area contributed by atoms with Gasteiger partial charge in [0.05, 0.1) is 0 Å². The number of aromatic nitrogens is 3. The summed E-state index contributed by atoms with van der Waals surface area (Å²) < 4.78 is 0. The highest BCUT2D eigenvalue weighted by molar-refractivity contribution is 5.77. The van der Waals surface area contributed by atoms with Crippen molar-refractivity contribution in [3.05, 3.63) is 54.5 Å². The summed E-state index contributed by atoms with van der Waals surface area (Å²) in [7, 11) is 0. The second-order valence-electron chi connectivity index (χ2n) is 4.02. The van der Waals surface area contributed by atoms with Gasteiger partial charge in [-0.2, -0.15) is 0 Å². The van der Waals surface area contributed by atoms with E-state index >= 15 is 0 Å². The summed E-state index contributed by atoms with van der Waals surface area (Å²) in [5, 5.41) is 0. The van der Waals surface area contributed by atoms with E-state index in [1.54, 1.807) is 12.4 Å². The summed E-state index contributed by atoms with van der Waals surface area (Å²) in [6.07, 6.45) is 5.13. The lowest BCUT2D eigenvalue weighted by atomic mass is 10.1. The standard InChI is InChI=1S/C14H12N4/c15-8-10-1-3-11(4-2-10)12-7-13-14(18-9-12)17-6-5-16-13/h1-7,9H,8,15H2. The van der Waals surface area contributed by atoms with Gasteiger partial charge in [-0.3, -0.25) is 4.98 Å². The molecule has 0 saturated carbocycles. The molecular weight excluding hydrogens is 224 g/mol. The van der Waals surface area contributed by atoms with Gasteiger partial charge in [0.1, 0.15) is 5.52 Å². The van der Waals surface area contributed by atoms with E-state index in [9.17, 15) is 0 Å². The van der Waals surface area contributed by atoms with Crippen molar-refractivity contribution >= 4 is 11.2 Å². The smallest absolute Gasteiger partial charge is 0.178 e. The maximum absolute atomic E-state index is 5.58. The number of hydrogen-bond donors (Lipinski definition) is 1. The molecule has 0 aliphatic rings. The van der Waals surface area contributed by atoms with E-state index < -0.39 is 0 Å². The predicted molar refractivity (Wildman–Crippen MR) is 70.7 cm³/mol. The van der Waals surface area contributed by atoms with Gasteiger partial charge in [-0.15, -0.1) is 0 Å². The van der Waals surface area contributed by atoms with Gasteiger partial charge in [-0.25, -0.2) is 9.97 Å². The van der Waals surface area contributed by atoms with E-state index in [4.69, 9.17) is 5.73 Å². The molecule has 2 N–H and O–H groups in total. The van der Waals surface area contributed by atoms with E-state index in [1.165, 1.54) is 0 Å². The fraction of sp³-hybridized carbons (Fsp3) is 0.0714. The first kappa shape index (κ1) is 10.8. The van der Waals surface area contributed by atoms with Gasteiger partial charge in [0.25, 0.3) is 0 Å². The first-order valence-corrected chi connectivity index (χ1v) is 5.73. The zero-order chi connectivity index (χ0) is 12.4. The van der Waals surface area contributed by atoms with Gasteiger partial charge >= 0.3 is 0 Å². The van der Waals surface area contributed by atoms with Crippen LogP contribution in [-0.4, -0.2) is 15.0 Å². The Kier molecular flexibility index (Phi) is 2.70. The highest BCUT2D eigenvalue weighted by atomic mass is 14.9. The maximum Gasteiger partial charge on any atom is 0.178 e. The van der Waals surface area contributed by atoms with E-state index in [2.05, 4.69) is 15.0 Å². The topological polar surface area (TPSA) is 64.7 Å². The molecule has 4 nitrogen and oxygen atoms in total. The second-order valence-corrected chi connectivity index (χ2v) is 4.02. The minimum Gasteiger partial charge on any atom is -0.326 e. The van der Waals surface area contributed by atoms with Crippen LogP contribution in [0.4, 0.5) is 0 Å². The average molecular weight is 236 g/mol. The summed E-state index contributed by atoms with van der Waals surface area (Å²) in [6.45, 7) is 0.557. The van der Waals surface area contributed by atoms with Crippen molar-refractivity contribution in [1.82, 2.24) is 15.0 Å². The van der Waals surface area contributed by atoms with Crippen LogP contribution in [0.25, 0.3) is 22.3 Å². The van der Waals surface area contributed by atoms with Crippen LogP contribution < -0.4 is 5.73 Å². The summed E-state index contributed by atoms with van der Waals surface area (Å²) >= 11 is 0. The molecule has 18 heavy (non-hydrogen) atoms. The molecule has 0 radical (unpaired) electrons. The van der Waals surface area contributed by atoms with Crippen molar-refractivity contribution in [2.45, 2.75) is 6.54 Å². The lowest BCUT2D eigenvalue weighted by Crippen LogP contribution is -1.95. The molecule has 4 heteroatoms. The lowest BCUT2D eigenvalue weighted by molar-refractivity contribution is 1.07. The van der Waals surface area contributed by atoms with Crippen molar-refractivity contribution in [2.24, 2.45) is 5.73 Å². The first-order chi connectivity index (χ1) is 8.86. The molecular formula is C14H12N4. The van der Waals surface area contributed by atoms with E-state index in [-0.39, 0.29) is 0 Å². The maximum atomic E-state index is 5.58. The molecule has 0 fully saturated rings. The minimum absolute atomic E-state index is 0.557. The molecule has 1 aromatic carbocycles. The summed E-state index contributed by atoms with van der Waals surface area (Å²) in [5.41, 5.74) is 10.3. The Morgan fingerprint density at radius 3 is 2.44 bits per heavy atom. The monoisotopic (exact) mass is 236 g/mol. The molecule has 3 aromatic rings. The second kappa shape index (κ2) is 4.50. The lowest BCUT2D eigenvalue weighted by Gasteiger charge is -2.03. The SMILES string of the molecule is NCc1ccc(-c2cnc3nccnc3c2)cc1. The summed E-state index contributed by atoms with van der Waals surface area (Å²) in [6, 6.07) is 10.1. The Hall–Kier alpha value is -2.33. The number of nitrogens with two attached hydrogens (primary N) is 1. The van der Waals surface area contributed by atoms with Crippen LogP contribution in [0.5, 0.6) is 0 Å². The van der Waals surface area contributed by atoms with Crippen molar-refractivity contribution in [3.8, 4) is 11.1 Å². The van der Waals surface area contributed by atoms with Crippen LogP contribution in [0.1, 0.15) is 5.56 Å². The number of fused-ring (bicyclic) bond motifs is 1. The highest BCUT2D eigenvalue weighted by Crippen LogP contribution is 2.21. The van der Waals surface area contributed by atoms with Crippen LogP contribution >= 0.6 is 0 Å². The van der Waals surface area contributed by atoms with E-state index in [1.807, 2.05) is 36.5 Å². The number of nitrogens with zero attached hydrogens (tertiary/aromatic N) is 3. The first-order valence-electron chi connectivity index (χ1n) is 5.73.